The van der Waals surface area contributed by atoms with Crippen LogP contribution < -0.4 is 16.0 Å². The zero-order chi connectivity index (χ0) is 26.7. The molecule has 2 aliphatic rings. The van der Waals surface area contributed by atoms with Gasteiger partial charge < -0.3 is 20.9 Å². The van der Waals surface area contributed by atoms with Crippen LogP contribution in [0.5, 0.6) is 0 Å². The van der Waals surface area contributed by atoms with E-state index in [9.17, 15) is 4.79 Å². The number of aromatic nitrogens is 1. The second-order valence-corrected chi connectivity index (χ2v) is 9.15. The van der Waals surface area contributed by atoms with Crippen LogP contribution in [0.25, 0.3) is 0 Å². The van der Waals surface area contributed by atoms with Gasteiger partial charge in [-0.05, 0) is 60.6 Å². The topological polar surface area (TPSA) is 84.9 Å². The Morgan fingerprint density at radius 2 is 1.76 bits per heavy atom. The van der Waals surface area contributed by atoms with Crippen molar-refractivity contribution < 1.29 is 4.79 Å². The first-order valence-electron chi connectivity index (χ1n) is 13.2. The summed E-state index contributed by atoms with van der Waals surface area (Å²) in [7, 11) is 2.16. The van der Waals surface area contributed by atoms with E-state index in [1.54, 1.807) is 6.20 Å². The van der Waals surface area contributed by atoms with Crippen molar-refractivity contribution in [3.63, 3.8) is 0 Å². The van der Waals surface area contributed by atoms with Crippen LogP contribution in [0.3, 0.4) is 0 Å². The van der Waals surface area contributed by atoms with Gasteiger partial charge in [-0.1, -0.05) is 38.1 Å². The number of likely N-dealkylation sites (N-methyl/N-ethyl adjacent to an activating group) is 1. The molecule has 0 aliphatic carbocycles. The van der Waals surface area contributed by atoms with E-state index in [0.29, 0.717) is 17.2 Å². The number of amides is 1. The van der Waals surface area contributed by atoms with Crippen LogP contribution >= 0.6 is 0 Å². The third kappa shape index (κ3) is 7.50. The maximum atomic E-state index is 12.9. The second kappa shape index (κ2) is 13.5. The first kappa shape index (κ1) is 27.0. The number of guanidine groups is 1. The van der Waals surface area contributed by atoms with Crippen molar-refractivity contribution in [2.24, 2.45) is 4.99 Å². The molecule has 0 radical (unpaired) electrons. The van der Waals surface area contributed by atoms with Crippen molar-refractivity contribution >= 4 is 23.2 Å². The largest absolute Gasteiger partial charge is 0.333 e. The SMILES string of the molecule is CC.CN1CCN(Cc2ccc(C(=O)Nc3cccc(NC4=NC(c5cccnc5)C=CN4)c3)cc2)CC1. The first-order chi connectivity index (χ1) is 18.6. The Balaban J connectivity index is 0.00000164. The number of rotatable bonds is 6. The fourth-order valence-electron chi connectivity index (χ4n) is 4.28. The van der Waals surface area contributed by atoms with E-state index in [1.165, 1.54) is 5.56 Å². The highest BCUT2D eigenvalue weighted by Gasteiger charge is 2.15. The fourth-order valence-corrected chi connectivity index (χ4v) is 4.28. The molecule has 198 valence electrons. The molecule has 0 saturated carbocycles. The smallest absolute Gasteiger partial charge is 0.255 e. The number of hydrogen-bond donors (Lipinski definition) is 3. The zero-order valence-electron chi connectivity index (χ0n) is 22.4. The molecule has 1 amide bonds. The number of aliphatic imine (C=N–C) groups is 1. The van der Waals surface area contributed by atoms with E-state index in [4.69, 9.17) is 4.99 Å². The quantitative estimate of drug-likeness (QED) is 0.444. The number of anilines is 2. The summed E-state index contributed by atoms with van der Waals surface area (Å²) in [6, 6.07) is 19.3. The van der Waals surface area contributed by atoms with Gasteiger partial charge in [-0.25, -0.2) is 4.99 Å². The van der Waals surface area contributed by atoms with Gasteiger partial charge in [0, 0.05) is 68.3 Å². The number of carbonyl (C=O) groups excluding carboxylic acids is 1. The Hall–Kier alpha value is -4.01. The third-order valence-corrected chi connectivity index (χ3v) is 6.39. The molecule has 2 aromatic carbocycles. The number of nitrogens with zero attached hydrogens (tertiary/aromatic N) is 4. The van der Waals surface area contributed by atoms with E-state index >= 15 is 0 Å². The van der Waals surface area contributed by atoms with Gasteiger partial charge in [-0.2, -0.15) is 0 Å². The lowest BCUT2D eigenvalue weighted by molar-refractivity contribution is 0.102. The summed E-state index contributed by atoms with van der Waals surface area (Å²) < 4.78 is 0. The molecule has 1 atom stereocenters. The van der Waals surface area contributed by atoms with Crippen LogP contribution in [0.15, 0.2) is 90.3 Å². The van der Waals surface area contributed by atoms with Gasteiger partial charge in [0.1, 0.15) is 6.04 Å². The second-order valence-electron chi connectivity index (χ2n) is 9.15. The molecule has 38 heavy (non-hydrogen) atoms. The summed E-state index contributed by atoms with van der Waals surface area (Å²) >= 11 is 0. The molecular weight excluding hydrogens is 474 g/mol. The molecule has 3 heterocycles. The minimum atomic E-state index is -0.133. The van der Waals surface area contributed by atoms with Crippen molar-refractivity contribution in [3.8, 4) is 0 Å². The summed E-state index contributed by atoms with van der Waals surface area (Å²) in [5.74, 6) is 0.497. The lowest BCUT2D eigenvalue weighted by atomic mass is 10.1. The van der Waals surface area contributed by atoms with Crippen LogP contribution in [0, 0.1) is 0 Å². The van der Waals surface area contributed by atoms with Gasteiger partial charge in [0.2, 0.25) is 5.96 Å². The number of pyridine rings is 1. The number of carbonyl (C=O) groups is 1. The van der Waals surface area contributed by atoms with E-state index in [0.717, 1.165) is 44.0 Å². The van der Waals surface area contributed by atoms with Gasteiger partial charge in [0.05, 0.1) is 0 Å². The maximum absolute atomic E-state index is 12.9. The highest BCUT2D eigenvalue weighted by atomic mass is 16.1. The van der Waals surface area contributed by atoms with Crippen LogP contribution in [-0.4, -0.2) is 59.9 Å². The van der Waals surface area contributed by atoms with Crippen LogP contribution in [0.2, 0.25) is 0 Å². The molecule has 2 aliphatic heterocycles. The predicted octanol–water partition coefficient (Wildman–Crippen LogP) is 4.73. The Kier molecular flexibility index (Phi) is 9.61. The van der Waals surface area contributed by atoms with Gasteiger partial charge >= 0.3 is 0 Å². The normalized spacial score (nSPS) is 17.4. The van der Waals surface area contributed by atoms with E-state index in [2.05, 4.69) is 37.8 Å². The summed E-state index contributed by atoms with van der Waals surface area (Å²) in [6.07, 6.45) is 7.41. The van der Waals surface area contributed by atoms with Crippen molar-refractivity contribution in [1.29, 1.82) is 0 Å². The highest BCUT2D eigenvalue weighted by molar-refractivity contribution is 6.04. The third-order valence-electron chi connectivity index (χ3n) is 6.39. The molecule has 3 N–H and O–H groups in total. The molecule has 8 nitrogen and oxygen atoms in total. The Morgan fingerprint density at radius 1 is 1.00 bits per heavy atom. The van der Waals surface area contributed by atoms with Crippen molar-refractivity contribution in [2.75, 3.05) is 43.9 Å². The van der Waals surface area contributed by atoms with E-state index in [-0.39, 0.29) is 11.9 Å². The average molecular weight is 512 g/mol. The summed E-state index contributed by atoms with van der Waals surface area (Å²) in [4.78, 5) is 26.5. The number of hydrogen-bond acceptors (Lipinski definition) is 7. The number of nitrogens with one attached hydrogen (secondary N) is 3. The Labute approximate surface area is 225 Å². The highest BCUT2D eigenvalue weighted by Crippen LogP contribution is 2.21. The standard InChI is InChI=1S/C28H31N7O.C2H6/c1-34-14-16-35(17-15-34)20-21-7-9-22(10-8-21)27(36)31-24-5-2-6-25(18-24)32-28-30-13-11-26(33-28)23-4-3-12-29-19-23;1-2/h2-13,18-19,26H,14-17,20H2,1H3,(H,31,36)(H2,30,32,33);1-2H3. The summed E-state index contributed by atoms with van der Waals surface area (Å²) in [5, 5.41) is 9.42. The number of benzene rings is 2. The lowest BCUT2D eigenvalue weighted by Gasteiger charge is -2.32. The molecule has 1 saturated heterocycles. The van der Waals surface area contributed by atoms with Crippen molar-refractivity contribution in [2.45, 2.75) is 26.4 Å². The van der Waals surface area contributed by atoms with Crippen molar-refractivity contribution in [3.05, 3.63) is 102 Å². The molecule has 8 heteroatoms. The van der Waals surface area contributed by atoms with Gasteiger partial charge in [0.25, 0.3) is 5.91 Å². The average Bonchev–Trinajstić information content (AvgIpc) is 2.96. The van der Waals surface area contributed by atoms with Gasteiger partial charge in [-0.3, -0.25) is 14.7 Å². The molecule has 1 unspecified atom stereocenters. The van der Waals surface area contributed by atoms with E-state index < -0.39 is 0 Å². The number of piperazine rings is 1. The fraction of sp³-hybridized carbons (Fsp3) is 0.300. The summed E-state index contributed by atoms with van der Waals surface area (Å²) in [6.45, 7) is 9.26. The molecular formula is C30H37N7O. The molecule has 0 bridgehead atoms. The predicted molar refractivity (Wildman–Crippen MR) is 155 cm³/mol. The molecule has 1 fully saturated rings. The minimum absolute atomic E-state index is 0.107. The van der Waals surface area contributed by atoms with E-state index in [1.807, 2.05) is 93.0 Å². The zero-order valence-corrected chi connectivity index (χ0v) is 22.4. The van der Waals surface area contributed by atoms with Crippen molar-refractivity contribution in [1.82, 2.24) is 20.1 Å². The monoisotopic (exact) mass is 511 g/mol. The van der Waals surface area contributed by atoms with Crippen LogP contribution in [0.1, 0.15) is 41.4 Å². The van der Waals surface area contributed by atoms with Gasteiger partial charge in [0.15, 0.2) is 0 Å². The molecule has 0 spiro atoms. The molecule has 3 aromatic rings. The first-order valence-corrected chi connectivity index (χ1v) is 13.2. The van der Waals surface area contributed by atoms with Crippen LogP contribution in [0.4, 0.5) is 11.4 Å². The Morgan fingerprint density at radius 3 is 2.50 bits per heavy atom. The minimum Gasteiger partial charge on any atom is -0.333 e. The lowest BCUT2D eigenvalue weighted by Crippen LogP contribution is -2.43. The summed E-state index contributed by atoms with van der Waals surface area (Å²) in [5.41, 5.74) is 4.41. The molecule has 1 aromatic heterocycles. The molecule has 5 rings (SSSR count). The van der Waals surface area contributed by atoms with Gasteiger partial charge in [-0.15, -0.1) is 0 Å². The maximum Gasteiger partial charge on any atom is 0.255 e. The van der Waals surface area contributed by atoms with Crippen LogP contribution in [-0.2, 0) is 6.54 Å². The Bertz CT molecular complexity index is 1230.